The smallest absolute Gasteiger partial charge is 0.194 e. The maximum Gasteiger partial charge on any atom is 0.194 e. The molecular formula is C21H18BrF3N4O4S. The van der Waals surface area contributed by atoms with Gasteiger partial charge < -0.3 is 25.9 Å². The van der Waals surface area contributed by atoms with Crippen LogP contribution in [0.1, 0.15) is 11.1 Å². The molecule has 13 heteroatoms. The van der Waals surface area contributed by atoms with Gasteiger partial charge in [0.15, 0.2) is 17.5 Å². The third-order valence-electron chi connectivity index (χ3n) is 4.95. The van der Waals surface area contributed by atoms with Crippen LogP contribution in [0.2, 0.25) is 0 Å². The fourth-order valence-corrected chi connectivity index (χ4v) is 4.90. The minimum absolute atomic E-state index is 0.217. The molecule has 34 heavy (non-hydrogen) atoms. The Morgan fingerprint density at radius 1 is 1.21 bits per heavy atom. The monoisotopic (exact) mass is 558 g/mol. The lowest BCUT2D eigenvalue weighted by atomic mass is 9.98. The van der Waals surface area contributed by atoms with Crippen LogP contribution in [0, 0.1) is 28.8 Å². The van der Waals surface area contributed by atoms with Gasteiger partial charge in [-0.1, -0.05) is 11.8 Å². The fraction of sp³-hybridized carbons (Fsp3) is 0.286. The number of hydrogen-bond donors (Lipinski definition) is 4. The summed E-state index contributed by atoms with van der Waals surface area (Å²) in [5.74, 6) is 0.711. The van der Waals surface area contributed by atoms with Crippen molar-refractivity contribution in [3.05, 3.63) is 63.4 Å². The first kappa shape index (κ1) is 26.1. The van der Waals surface area contributed by atoms with E-state index in [9.17, 15) is 28.5 Å². The predicted octanol–water partition coefficient (Wildman–Crippen LogP) is 2.07. The van der Waals surface area contributed by atoms with Gasteiger partial charge in [-0.05, 0) is 46.3 Å². The van der Waals surface area contributed by atoms with Gasteiger partial charge >= 0.3 is 0 Å². The molecule has 0 aromatic heterocycles. The average molecular weight is 559 g/mol. The molecule has 5 N–H and O–H groups in total. The number of nitrogens with zero attached hydrogens (tertiary/aromatic N) is 3. The predicted molar refractivity (Wildman–Crippen MR) is 122 cm³/mol. The maximum absolute atomic E-state index is 13.6. The number of aliphatic imine (C=N–C) groups is 1. The Bertz CT molecular complexity index is 1140. The van der Waals surface area contributed by atoms with Crippen molar-refractivity contribution in [2.45, 2.75) is 34.7 Å². The molecule has 1 aliphatic heterocycles. The molecule has 2 aromatic rings. The molecule has 1 aliphatic rings. The van der Waals surface area contributed by atoms with Crippen LogP contribution in [0.25, 0.3) is 0 Å². The molecule has 5 atom stereocenters. The van der Waals surface area contributed by atoms with Gasteiger partial charge in [0.25, 0.3) is 0 Å². The highest BCUT2D eigenvalue weighted by Crippen LogP contribution is 2.36. The largest absolute Gasteiger partial charge is 0.394 e. The Balaban J connectivity index is 1.86. The van der Waals surface area contributed by atoms with Crippen molar-refractivity contribution in [1.82, 2.24) is 0 Å². The first-order valence-corrected chi connectivity index (χ1v) is 11.3. The van der Waals surface area contributed by atoms with Gasteiger partial charge in [0.05, 0.1) is 12.2 Å². The molecule has 0 aliphatic carbocycles. The van der Waals surface area contributed by atoms with Gasteiger partial charge in [0, 0.05) is 21.1 Å². The van der Waals surface area contributed by atoms with Crippen molar-refractivity contribution in [2.24, 2.45) is 15.9 Å². The normalized spacial score (nSPS) is 25.5. The molecule has 2 aromatic carbocycles. The first-order chi connectivity index (χ1) is 16.2. The summed E-state index contributed by atoms with van der Waals surface area (Å²) in [6, 6.07) is 6.97. The second-order valence-corrected chi connectivity index (χ2v) is 9.14. The van der Waals surface area contributed by atoms with E-state index in [1.807, 2.05) is 6.07 Å². The van der Waals surface area contributed by atoms with E-state index < -0.39 is 53.8 Å². The molecule has 8 nitrogen and oxygen atoms in total. The van der Waals surface area contributed by atoms with Crippen molar-refractivity contribution in [2.75, 3.05) is 6.61 Å². The summed E-state index contributed by atoms with van der Waals surface area (Å²) in [6.45, 7) is -0.583. The molecule has 0 radical (unpaired) electrons. The van der Waals surface area contributed by atoms with Crippen LogP contribution < -0.4 is 5.84 Å². The third kappa shape index (κ3) is 5.60. The van der Waals surface area contributed by atoms with Crippen LogP contribution in [-0.2, 0) is 4.74 Å². The Labute approximate surface area is 204 Å². The zero-order valence-corrected chi connectivity index (χ0v) is 19.5. The van der Waals surface area contributed by atoms with Gasteiger partial charge in [-0.25, -0.2) is 13.2 Å². The highest BCUT2D eigenvalue weighted by atomic mass is 79.9. The molecule has 3 rings (SSSR count). The van der Waals surface area contributed by atoms with Crippen LogP contribution in [0.4, 0.5) is 13.2 Å². The summed E-state index contributed by atoms with van der Waals surface area (Å²) in [5, 5.41) is 43.4. The number of nitrogens with two attached hydrogens (primary N) is 1. The lowest BCUT2D eigenvalue weighted by molar-refractivity contribution is -0.159. The lowest BCUT2D eigenvalue weighted by Crippen LogP contribution is -2.56. The number of aliphatic hydroxyl groups excluding tert-OH is 3. The van der Waals surface area contributed by atoms with Gasteiger partial charge in [-0.15, -0.1) is 0 Å². The van der Waals surface area contributed by atoms with Crippen molar-refractivity contribution in [3.8, 4) is 6.07 Å². The number of thioether (sulfide) groups is 1. The molecule has 1 saturated heterocycles. The summed E-state index contributed by atoms with van der Waals surface area (Å²) < 4.78 is 46.6. The van der Waals surface area contributed by atoms with E-state index in [0.717, 1.165) is 18.0 Å². The third-order valence-corrected chi connectivity index (χ3v) is 6.75. The summed E-state index contributed by atoms with van der Waals surface area (Å²) in [5.41, 5.74) is -1.04. The van der Waals surface area contributed by atoms with Crippen LogP contribution in [-0.4, -0.2) is 63.6 Å². The van der Waals surface area contributed by atoms with E-state index in [1.165, 1.54) is 0 Å². The average Bonchev–Trinajstić information content (AvgIpc) is 2.81. The summed E-state index contributed by atoms with van der Waals surface area (Å²) in [6.07, 6.45) is -2.97. The highest BCUT2D eigenvalue weighted by molar-refractivity contribution is 9.10. The van der Waals surface area contributed by atoms with Gasteiger partial charge in [-0.2, -0.15) is 10.4 Å². The number of aliphatic hydroxyl groups is 3. The molecule has 0 bridgehead atoms. The zero-order valence-electron chi connectivity index (χ0n) is 17.1. The molecule has 0 spiro atoms. The Hall–Kier alpha value is -2.47. The Kier molecular flexibility index (Phi) is 8.69. The number of halogens is 4. The van der Waals surface area contributed by atoms with Crippen LogP contribution >= 0.6 is 27.7 Å². The SMILES string of the molecule is N#Cc1ccc(S[C@H]2OC(CO)[C@H](O)C(N=CC(=NN)c3cc(F)c(F)c(F)c3)C2O)cc1Br. The van der Waals surface area contributed by atoms with E-state index in [2.05, 4.69) is 26.0 Å². The number of benzene rings is 2. The van der Waals surface area contributed by atoms with Gasteiger partial charge in [0.2, 0.25) is 0 Å². The number of hydrogen-bond acceptors (Lipinski definition) is 9. The number of rotatable bonds is 6. The highest BCUT2D eigenvalue weighted by Gasteiger charge is 2.44. The molecular weight excluding hydrogens is 541 g/mol. The molecule has 180 valence electrons. The first-order valence-electron chi connectivity index (χ1n) is 9.64. The number of hydrazone groups is 1. The van der Waals surface area contributed by atoms with Gasteiger partial charge in [-0.3, -0.25) is 4.99 Å². The van der Waals surface area contributed by atoms with Crippen molar-refractivity contribution in [3.63, 3.8) is 0 Å². The van der Waals surface area contributed by atoms with Gasteiger partial charge in [0.1, 0.15) is 41.6 Å². The second-order valence-electron chi connectivity index (χ2n) is 7.11. The molecule has 0 amide bonds. The van der Waals surface area contributed by atoms with E-state index in [1.54, 1.807) is 18.2 Å². The van der Waals surface area contributed by atoms with E-state index in [0.29, 0.717) is 27.1 Å². The summed E-state index contributed by atoms with van der Waals surface area (Å²) >= 11 is 4.34. The zero-order chi connectivity index (χ0) is 25.0. The van der Waals surface area contributed by atoms with E-state index in [4.69, 9.17) is 15.8 Å². The Morgan fingerprint density at radius 3 is 2.44 bits per heavy atom. The number of nitriles is 1. The summed E-state index contributed by atoms with van der Waals surface area (Å²) in [4.78, 5) is 4.70. The fourth-order valence-electron chi connectivity index (χ4n) is 3.18. The standard InChI is InChI=1S/C21H18BrF3N4O4S/c22-12-5-11(2-1-9(12)6-26)34-21-20(32)18(19(31)16(8-30)33-21)28-7-15(29-27)10-3-13(23)17(25)14(24)4-10/h1-5,7,16,18-21,30-32H,8,27H2/t16?,18?,19-,20?,21+/m0/s1. The minimum atomic E-state index is -1.66. The molecule has 3 unspecified atom stereocenters. The lowest BCUT2D eigenvalue weighted by Gasteiger charge is -2.40. The maximum atomic E-state index is 13.6. The van der Waals surface area contributed by atoms with E-state index in [-0.39, 0.29) is 11.3 Å². The molecule has 1 fully saturated rings. The Morgan fingerprint density at radius 2 is 1.88 bits per heavy atom. The van der Waals surface area contributed by atoms with Crippen LogP contribution in [0.15, 0.2) is 49.8 Å². The molecule has 0 saturated carbocycles. The van der Waals surface area contributed by atoms with Crippen LogP contribution in [0.5, 0.6) is 0 Å². The van der Waals surface area contributed by atoms with Crippen molar-refractivity contribution >= 4 is 39.6 Å². The van der Waals surface area contributed by atoms with Crippen LogP contribution in [0.3, 0.4) is 0 Å². The minimum Gasteiger partial charge on any atom is -0.394 e. The van der Waals surface area contributed by atoms with Crippen molar-refractivity contribution < 1.29 is 33.2 Å². The summed E-state index contributed by atoms with van der Waals surface area (Å²) in [7, 11) is 0. The quantitative estimate of drug-likeness (QED) is 0.184. The second kappa shape index (κ2) is 11.3. The van der Waals surface area contributed by atoms with E-state index >= 15 is 0 Å². The number of ether oxygens (including phenoxy) is 1. The topological polar surface area (TPSA) is 144 Å². The van der Waals surface area contributed by atoms with Crippen molar-refractivity contribution in [1.29, 1.82) is 5.26 Å². The molecule has 1 heterocycles.